The molecule has 0 aliphatic rings. The number of benzene rings is 1. The molecule has 0 bridgehead atoms. The molecule has 0 aliphatic heterocycles. The van der Waals surface area contributed by atoms with Crippen molar-refractivity contribution in [2.75, 3.05) is 0 Å². The molecular weight excluding hydrogens is 298 g/mol. The van der Waals surface area contributed by atoms with Gasteiger partial charge >= 0.3 is 0 Å². The van der Waals surface area contributed by atoms with Gasteiger partial charge in [0.15, 0.2) is 17.4 Å². The zero-order valence-corrected chi connectivity index (χ0v) is 10.2. The average molecular weight is 303 g/mol. The fourth-order valence-corrected chi connectivity index (χ4v) is 2.72. The highest BCUT2D eigenvalue weighted by molar-refractivity contribution is 9.10. The lowest BCUT2D eigenvalue weighted by Crippen LogP contribution is -2.05. The van der Waals surface area contributed by atoms with E-state index in [1.165, 1.54) is 23.5 Å². The van der Waals surface area contributed by atoms with Crippen LogP contribution in [0.4, 0.5) is 8.78 Å². The second kappa shape index (κ2) is 4.43. The lowest BCUT2D eigenvalue weighted by Gasteiger charge is -2.01. The molecule has 0 radical (unpaired) electrons. The first kappa shape index (κ1) is 11.4. The third-order valence-electron chi connectivity index (χ3n) is 2.06. The highest BCUT2D eigenvalue weighted by Crippen LogP contribution is 2.25. The average Bonchev–Trinajstić information content (AvgIpc) is 2.68. The summed E-state index contributed by atoms with van der Waals surface area (Å²) in [5, 5.41) is 3.31. The predicted molar refractivity (Wildman–Crippen MR) is 61.8 cm³/mol. The van der Waals surface area contributed by atoms with Gasteiger partial charge < -0.3 is 0 Å². The minimum absolute atomic E-state index is 0.251. The van der Waals surface area contributed by atoms with Gasteiger partial charge in [0.1, 0.15) is 0 Å². The number of halogens is 3. The molecule has 0 aliphatic carbocycles. The molecule has 0 atom stereocenters. The van der Waals surface area contributed by atoms with Crippen molar-refractivity contribution in [3.63, 3.8) is 0 Å². The third kappa shape index (κ3) is 1.92. The zero-order chi connectivity index (χ0) is 11.7. The molecule has 2 aromatic rings. The van der Waals surface area contributed by atoms with Crippen molar-refractivity contribution in [3.05, 3.63) is 56.2 Å². The Morgan fingerprint density at radius 1 is 1.19 bits per heavy atom. The maximum Gasteiger partial charge on any atom is 0.198 e. The van der Waals surface area contributed by atoms with Crippen molar-refractivity contribution in [1.82, 2.24) is 0 Å². The Balaban J connectivity index is 2.50. The van der Waals surface area contributed by atoms with Gasteiger partial charge in [0.05, 0.1) is 5.56 Å². The lowest BCUT2D eigenvalue weighted by molar-refractivity contribution is 0.103. The van der Waals surface area contributed by atoms with E-state index in [0.717, 1.165) is 6.07 Å². The smallest absolute Gasteiger partial charge is 0.198 e. The minimum Gasteiger partial charge on any atom is -0.288 e. The number of carbonyl (C=O) groups is 1. The van der Waals surface area contributed by atoms with Crippen LogP contribution in [0.5, 0.6) is 0 Å². The molecule has 0 unspecified atom stereocenters. The number of hydrogen-bond acceptors (Lipinski definition) is 2. The molecule has 0 spiro atoms. The van der Waals surface area contributed by atoms with Crippen LogP contribution in [0.1, 0.15) is 15.9 Å². The first-order valence-corrected chi connectivity index (χ1v) is 6.05. The van der Waals surface area contributed by atoms with Gasteiger partial charge in [0, 0.05) is 20.8 Å². The molecule has 1 heterocycles. The molecule has 5 heteroatoms. The lowest BCUT2D eigenvalue weighted by atomic mass is 10.1. The van der Waals surface area contributed by atoms with E-state index in [1.54, 1.807) is 10.8 Å². The summed E-state index contributed by atoms with van der Waals surface area (Å²) in [5.41, 5.74) is 0.0913. The highest BCUT2D eigenvalue weighted by Gasteiger charge is 2.19. The van der Waals surface area contributed by atoms with Gasteiger partial charge in [-0.15, -0.1) is 0 Å². The van der Waals surface area contributed by atoms with Crippen LogP contribution in [-0.2, 0) is 0 Å². The molecule has 16 heavy (non-hydrogen) atoms. The normalized spacial score (nSPS) is 10.4. The quantitative estimate of drug-likeness (QED) is 0.766. The largest absolute Gasteiger partial charge is 0.288 e. The number of rotatable bonds is 2. The summed E-state index contributed by atoms with van der Waals surface area (Å²) in [5.74, 6) is -2.65. The van der Waals surface area contributed by atoms with E-state index in [-0.39, 0.29) is 5.56 Å². The molecular formula is C11H5BrF2OS. The predicted octanol–water partition coefficient (Wildman–Crippen LogP) is 4.02. The molecule has 1 aromatic carbocycles. The Kier molecular flexibility index (Phi) is 3.16. The van der Waals surface area contributed by atoms with Gasteiger partial charge in [0.25, 0.3) is 0 Å². The van der Waals surface area contributed by atoms with Crippen molar-refractivity contribution in [1.29, 1.82) is 0 Å². The van der Waals surface area contributed by atoms with E-state index in [4.69, 9.17) is 0 Å². The van der Waals surface area contributed by atoms with Crippen LogP contribution in [0.25, 0.3) is 0 Å². The van der Waals surface area contributed by atoms with Crippen LogP contribution in [0.3, 0.4) is 0 Å². The molecule has 0 N–H and O–H groups in total. The maximum absolute atomic E-state index is 13.4. The monoisotopic (exact) mass is 302 g/mol. The van der Waals surface area contributed by atoms with Crippen LogP contribution < -0.4 is 0 Å². The fourth-order valence-electron chi connectivity index (χ4n) is 1.27. The maximum atomic E-state index is 13.4. The summed E-state index contributed by atoms with van der Waals surface area (Å²) >= 11 is 4.50. The fraction of sp³-hybridized carbons (Fsp3) is 0. The van der Waals surface area contributed by atoms with Crippen molar-refractivity contribution >= 4 is 33.0 Å². The van der Waals surface area contributed by atoms with Crippen molar-refractivity contribution < 1.29 is 13.6 Å². The van der Waals surface area contributed by atoms with E-state index in [2.05, 4.69) is 15.9 Å². The number of thiophene rings is 1. The number of hydrogen-bond donors (Lipinski definition) is 0. The molecule has 0 amide bonds. The molecule has 2 rings (SSSR count). The molecule has 0 saturated heterocycles. The first-order chi connectivity index (χ1) is 7.61. The van der Waals surface area contributed by atoms with Crippen LogP contribution in [-0.4, -0.2) is 5.78 Å². The number of carbonyl (C=O) groups excluding carboxylic acids is 1. The van der Waals surface area contributed by atoms with Gasteiger partial charge in [-0.3, -0.25) is 4.79 Å². The Bertz CT molecular complexity index is 551. The van der Waals surface area contributed by atoms with Crippen LogP contribution in [0, 0.1) is 11.6 Å². The first-order valence-electron chi connectivity index (χ1n) is 4.31. The van der Waals surface area contributed by atoms with E-state index in [0.29, 0.717) is 10.0 Å². The Morgan fingerprint density at radius 3 is 2.56 bits per heavy atom. The topological polar surface area (TPSA) is 17.1 Å². The molecule has 82 valence electrons. The summed E-state index contributed by atoms with van der Waals surface area (Å²) in [6.45, 7) is 0. The van der Waals surface area contributed by atoms with Gasteiger partial charge in [-0.05, 0) is 28.1 Å². The van der Waals surface area contributed by atoms with E-state index < -0.39 is 17.4 Å². The van der Waals surface area contributed by atoms with E-state index in [9.17, 15) is 13.6 Å². The summed E-state index contributed by atoms with van der Waals surface area (Å²) in [7, 11) is 0. The van der Waals surface area contributed by atoms with Gasteiger partial charge in [-0.2, -0.15) is 11.3 Å². The SMILES string of the molecule is O=C(c1cscc1Br)c1cccc(F)c1F. The summed E-state index contributed by atoms with van der Waals surface area (Å²) in [6.07, 6.45) is 0. The van der Waals surface area contributed by atoms with E-state index in [1.807, 2.05) is 0 Å². The van der Waals surface area contributed by atoms with E-state index >= 15 is 0 Å². The molecule has 0 saturated carbocycles. The summed E-state index contributed by atoms with van der Waals surface area (Å²) in [6, 6.07) is 3.56. The molecule has 1 aromatic heterocycles. The zero-order valence-electron chi connectivity index (χ0n) is 7.84. The van der Waals surface area contributed by atoms with Gasteiger partial charge in [0.2, 0.25) is 0 Å². The summed E-state index contributed by atoms with van der Waals surface area (Å²) in [4.78, 5) is 11.9. The third-order valence-corrected chi connectivity index (χ3v) is 3.76. The van der Waals surface area contributed by atoms with Crippen LogP contribution in [0.2, 0.25) is 0 Å². The highest BCUT2D eigenvalue weighted by atomic mass is 79.9. The standard InChI is InChI=1S/C11H5BrF2OS/c12-8-5-16-4-7(8)11(15)6-2-1-3-9(13)10(6)14/h1-5H. The second-order valence-electron chi connectivity index (χ2n) is 3.06. The van der Waals surface area contributed by atoms with Crippen molar-refractivity contribution in [2.24, 2.45) is 0 Å². The summed E-state index contributed by atoms with van der Waals surface area (Å²) < 4.78 is 26.9. The Morgan fingerprint density at radius 2 is 1.94 bits per heavy atom. The van der Waals surface area contributed by atoms with Crippen molar-refractivity contribution in [3.8, 4) is 0 Å². The Labute approximate surface area is 103 Å². The van der Waals surface area contributed by atoms with Crippen LogP contribution in [0.15, 0.2) is 33.4 Å². The number of ketones is 1. The molecule has 1 nitrogen and oxygen atoms in total. The van der Waals surface area contributed by atoms with Crippen LogP contribution >= 0.6 is 27.3 Å². The van der Waals surface area contributed by atoms with Gasteiger partial charge in [-0.1, -0.05) is 6.07 Å². The minimum atomic E-state index is -1.11. The molecule has 0 fully saturated rings. The Hall–Kier alpha value is -1.07. The van der Waals surface area contributed by atoms with Crippen molar-refractivity contribution in [2.45, 2.75) is 0 Å². The second-order valence-corrected chi connectivity index (χ2v) is 4.66. The van der Waals surface area contributed by atoms with Gasteiger partial charge in [-0.25, -0.2) is 8.78 Å².